The number of carbonyl (C=O) groups is 2. The zero-order valence-corrected chi connectivity index (χ0v) is 19.3. The molecule has 0 saturated heterocycles. The number of likely N-dealkylation sites (N-methyl/N-ethyl adjacent to an activating group) is 1. The van der Waals surface area contributed by atoms with Gasteiger partial charge in [0.1, 0.15) is 0 Å². The number of nitriles is 1. The van der Waals surface area contributed by atoms with Crippen LogP contribution in [0.15, 0.2) is 60.7 Å². The Labute approximate surface area is 195 Å². The normalized spacial score (nSPS) is 12.5. The average Bonchev–Trinajstić information content (AvgIpc) is 2.85. The fourth-order valence-corrected chi connectivity index (χ4v) is 3.92. The number of para-hydroxylation sites is 1. The highest BCUT2D eigenvalue weighted by molar-refractivity contribution is 5.91. The minimum Gasteiger partial charge on any atom is -0.352 e. The maximum absolute atomic E-state index is 12.1. The molecule has 0 fully saturated rings. The van der Waals surface area contributed by atoms with Gasteiger partial charge in [0.2, 0.25) is 12.3 Å². The average molecular weight is 443 g/mol. The lowest BCUT2D eigenvalue weighted by Gasteiger charge is -2.23. The molecule has 3 aromatic rings. The Morgan fingerprint density at radius 2 is 1.73 bits per heavy atom. The third-order valence-electron chi connectivity index (χ3n) is 5.96. The zero-order chi connectivity index (χ0) is 23.8. The van der Waals surface area contributed by atoms with E-state index in [9.17, 15) is 14.9 Å². The number of fused-ring (bicyclic) bond motifs is 1. The van der Waals surface area contributed by atoms with Crippen molar-refractivity contribution in [2.45, 2.75) is 45.3 Å². The minimum atomic E-state index is -0.243. The Hall–Kier alpha value is -3.69. The quantitative estimate of drug-likeness (QED) is 0.466. The van der Waals surface area contributed by atoms with E-state index < -0.39 is 0 Å². The molecule has 0 heterocycles. The van der Waals surface area contributed by atoms with Gasteiger partial charge in [-0.05, 0) is 67.8 Å². The number of carbonyl (C=O) groups excluding carboxylic acids is 2. The van der Waals surface area contributed by atoms with Crippen LogP contribution < -0.4 is 15.5 Å². The lowest BCUT2D eigenvalue weighted by Crippen LogP contribution is -2.44. The second-order valence-electron chi connectivity index (χ2n) is 8.25. The van der Waals surface area contributed by atoms with Crippen LogP contribution in [0.25, 0.3) is 10.8 Å². The number of hydrogen-bond donors (Lipinski definition) is 2. The van der Waals surface area contributed by atoms with Gasteiger partial charge in [-0.15, -0.1) is 0 Å². The Bertz CT molecular complexity index is 1170. The molecule has 2 N–H and O–H groups in total. The highest BCUT2D eigenvalue weighted by atomic mass is 16.2. The van der Waals surface area contributed by atoms with E-state index in [1.165, 1.54) is 0 Å². The molecule has 0 spiro atoms. The van der Waals surface area contributed by atoms with Gasteiger partial charge in [0.25, 0.3) is 0 Å². The van der Waals surface area contributed by atoms with Crippen LogP contribution in [0.1, 0.15) is 37.0 Å². The molecule has 6 nitrogen and oxygen atoms in total. The Kier molecular flexibility index (Phi) is 8.17. The van der Waals surface area contributed by atoms with Gasteiger partial charge < -0.3 is 15.5 Å². The van der Waals surface area contributed by atoms with Crippen molar-refractivity contribution in [2.24, 2.45) is 0 Å². The van der Waals surface area contributed by atoms with Crippen molar-refractivity contribution in [1.29, 1.82) is 5.26 Å². The molecule has 6 heteroatoms. The number of anilines is 1. The monoisotopic (exact) mass is 442 g/mol. The van der Waals surface area contributed by atoms with E-state index in [1.807, 2.05) is 68.4 Å². The summed E-state index contributed by atoms with van der Waals surface area (Å²) in [5.41, 5.74) is 3.50. The summed E-state index contributed by atoms with van der Waals surface area (Å²) >= 11 is 0. The fraction of sp³-hybridized carbons (Fsp3) is 0.296. The van der Waals surface area contributed by atoms with Crippen molar-refractivity contribution in [3.63, 3.8) is 0 Å². The van der Waals surface area contributed by atoms with Gasteiger partial charge in [-0.3, -0.25) is 9.59 Å². The van der Waals surface area contributed by atoms with Gasteiger partial charge in [0, 0.05) is 11.7 Å². The van der Waals surface area contributed by atoms with Gasteiger partial charge in [-0.25, -0.2) is 0 Å². The fourth-order valence-electron chi connectivity index (χ4n) is 3.92. The highest BCUT2D eigenvalue weighted by Gasteiger charge is 2.16. The second-order valence-corrected chi connectivity index (χ2v) is 8.25. The van der Waals surface area contributed by atoms with Gasteiger partial charge >= 0.3 is 0 Å². The number of benzene rings is 3. The van der Waals surface area contributed by atoms with Crippen molar-refractivity contribution >= 4 is 28.8 Å². The summed E-state index contributed by atoms with van der Waals surface area (Å²) < 4.78 is 0. The predicted molar refractivity (Wildman–Crippen MR) is 132 cm³/mol. The van der Waals surface area contributed by atoms with Crippen LogP contribution in [0.3, 0.4) is 0 Å². The Morgan fingerprint density at radius 1 is 1.03 bits per heavy atom. The number of nitrogens with zero attached hydrogens (tertiary/aromatic N) is 2. The first kappa shape index (κ1) is 24.0. The first-order chi connectivity index (χ1) is 16.0. The van der Waals surface area contributed by atoms with Gasteiger partial charge in [0.15, 0.2) is 0 Å². The summed E-state index contributed by atoms with van der Waals surface area (Å²) in [7, 11) is 1.76. The van der Waals surface area contributed by atoms with Crippen LogP contribution in [0.4, 0.5) is 5.69 Å². The van der Waals surface area contributed by atoms with Crippen LogP contribution in [0.2, 0.25) is 0 Å². The van der Waals surface area contributed by atoms with Crippen molar-refractivity contribution < 1.29 is 9.59 Å². The van der Waals surface area contributed by atoms with Crippen molar-refractivity contribution in [3.8, 4) is 6.07 Å². The highest BCUT2D eigenvalue weighted by Crippen LogP contribution is 2.27. The van der Waals surface area contributed by atoms with E-state index in [0.29, 0.717) is 12.1 Å². The molecule has 0 aliphatic heterocycles. The Morgan fingerprint density at radius 3 is 2.45 bits per heavy atom. The summed E-state index contributed by atoms with van der Waals surface area (Å²) in [4.78, 5) is 26.0. The van der Waals surface area contributed by atoms with Crippen LogP contribution >= 0.6 is 0 Å². The van der Waals surface area contributed by atoms with Crippen LogP contribution in [-0.4, -0.2) is 31.4 Å². The summed E-state index contributed by atoms with van der Waals surface area (Å²) in [5.74, 6) is -0.0273. The molecular formula is C27H30N4O2. The molecule has 0 bridgehead atoms. The molecule has 0 aliphatic carbocycles. The van der Waals surface area contributed by atoms with Crippen LogP contribution in [0, 0.1) is 11.3 Å². The largest absolute Gasteiger partial charge is 0.352 e. The summed E-state index contributed by atoms with van der Waals surface area (Å²) in [6, 6.07) is 21.4. The minimum absolute atomic E-state index is 0.00788. The van der Waals surface area contributed by atoms with Crippen LogP contribution in [0.5, 0.6) is 0 Å². The van der Waals surface area contributed by atoms with E-state index >= 15 is 0 Å². The molecule has 0 saturated carbocycles. The molecule has 0 aromatic heterocycles. The number of aryl methyl sites for hydroxylation is 1. The van der Waals surface area contributed by atoms with E-state index in [-0.39, 0.29) is 18.0 Å². The van der Waals surface area contributed by atoms with E-state index in [0.717, 1.165) is 46.8 Å². The number of amides is 2. The summed E-state index contributed by atoms with van der Waals surface area (Å²) in [6.07, 6.45) is 2.33. The lowest BCUT2D eigenvalue weighted by molar-refractivity contribution is -0.123. The molecule has 0 aliphatic rings. The second kappa shape index (κ2) is 11.3. The molecule has 1 unspecified atom stereocenters. The molecule has 3 aromatic carbocycles. The molecule has 170 valence electrons. The van der Waals surface area contributed by atoms with Crippen molar-refractivity contribution in [1.82, 2.24) is 10.6 Å². The SMILES string of the molecule is CN[C@@H](C)C(=O)NC(C)CCc1ccccc1N(C=O)Cc1cccc2c(C#N)cccc12. The zero-order valence-electron chi connectivity index (χ0n) is 19.3. The van der Waals surface area contributed by atoms with Crippen LogP contribution in [-0.2, 0) is 22.6 Å². The molecular weight excluding hydrogens is 412 g/mol. The first-order valence-electron chi connectivity index (χ1n) is 11.2. The van der Waals surface area contributed by atoms with Gasteiger partial charge in [0.05, 0.1) is 24.2 Å². The maximum Gasteiger partial charge on any atom is 0.237 e. The Balaban J connectivity index is 1.79. The van der Waals surface area contributed by atoms with E-state index in [2.05, 4.69) is 16.7 Å². The smallest absolute Gasteiger partial charge is 0.237 e. The standard InChI is InChI=1S/C27H30N4O2/c1-19(30-27(33)20(2)29-3)14-15-21-8-4-5-13-26(21)31(18-32)17-23-10-7-11-24-22(16-28)9-6-12-25(23)24/h4-13,18-20,29H,14-15,17H2,1-3H3,(H,30,33)/t19?,20-/m0/s1. The lowest BCUT2D eigenvalue weighted by atomic mass is 9.99. The summed E-state index contributed by atoms with van der Waals surface area (Å²) in [5, 5.41) is 17.2. The molecule has 2 atom stereocenters. The number of rotatable bonds is 10. The predicted octanol–water partition coefficient (Wildman–Crippen LogP) is 3.92. The summed E-state index contributed by atoms with van der Waals surface area (Å²) in [6.45, 7) is 4.22. The third kappa shape index (κ3) is 5.76. The molecule has 0 radical (unpaired) electrons. The van der Waals surface area contributed by atoms with Crippen molar-refractivity contribution in [3.05, 3.63) is 77.4 Å². The van der Waals surface area contributed by atoms with E-state index in [1.54, 1.807) is 18.0 Å². The first-order valence-corrected chi connectivity index (χ1v) is 11.2. The molecule has 3 rings (SSSR count). The van der Waals surface area contributed by atoms with E-state index in [4.69, 9.17) is 0 Å². The number of hydrogen-bond acceptors (Lipinski definition) is 4. The third-order valence-corrected chi connectivity index (χ3v) is 5.96. The topological polar surface area (TPSA) is 85.2 Å². The maximum atomic E-state index is 12.1. The number of nitrogens with one attached hydrogen (secondary N) is 2. The molecule has 2 amide bonds. The van der Waals surface area contributed by atoms with Crippen molar-refractivity contribution in [2.75, 3.05) is 11.9 Å². The van der Waals surface area contributed by atoms with Gasteiger partial charge in [-0.1, -0.05) is 48.5 Å². The van der Waals surface area contributed by atoms with Gasteiger partial charge in [-0.2, -0.15) is 5.26 Å². The molecule has 33 heavy (non-hydrogen) atoms.